The van der Waals surface area contributed by atoms with Crippen LogP contribution in [0.25, 0.3) is 0 Å². The molecule has 17 heavy (non-hydrogen) atoms. The van der Waals surface area contributed by atoms with E-state index in [1.54, 1.807) is 6.92 Å². The van der Waals surface area contributed by atoms with Crippen molar-refractivity contribution >= 4 is 27.9 Å². The minimum Gasteiger partial charge on any atom is -0.466 e. The highest BCUT2D eigenvalue weighted by Crippen LogP contribution is 2.13. The van der Waals surface area contributed by atoms with E-state index in [0.717, 1.165) is 12.8 Å². The van der Waals surface area contributed by atoms with Gasteiger partial charge in [0, 0.05) is 12.8 Å². The lowest BCUT2D eigenvalue weighted by atomic mass is 10.2. The molecule has 0 radical (unpaired) electrons. The molecule has 0 aliphatic heterocycles. The average molecular weight is 309 g/mol. The van der Waals surface area contributed by atoms with Crippen LogP contribution in [0.5, 0.6) is 0 Å². The Morgan fingerprint density at radius 1 is 1.12 bits per heavy atom. The summed E-state index contributed by atoms with van der Waals surface area (Å²) >= 11 is 3.26. The van der Waals surface area contributed by atoms with Crippen LogP contribution in [-0.2, 0) is 19.1 Å². The maximum Gasteiger partial charge on any atom is 0.306 e. The van der Waals surface area contributed by atoms with Crippen molar-refractivity contribution in [2.45, 2.75) is 57.4 Å². The molecular weight excluding hydrogens is 288 g/mol. The first-order valence-electron chi connectivity index (χ1n) is 6.09. The molecule has 5 heteroatoms. The first-order valence-corrected chi connectivity index (χ1v) is 7.00. The third kappa shape index (κ3) is 10.3. The van der Waals surface area contributed by atoms with Gasteiger partial charge in [0.2, 0.25) is 0 Å². The molecule has 100 valence electrons. The van der Waals surface area contributed by atoms with Crippen LogP contribution in [-0.4, -0.2) is 23.6 Å². The van der Waals surface area contributed by atoms with E-state index in [0.29, 0.717) is 32.3 Å². The second-order valence-electron chi connectivity index (χ2n) is 3.70. The fourth-order valence-electron chi connectivity index (χ4n) is 1.22. The first-order chi connectivity index (χ1) is 8.10. The molecule has 0 aromatic rings. The molecule has 0 amide bonds. The fraction of sp³-hybridized carbons (Fsp3) is 0.833. The molecular formula is C12H21BrO4. The zero-order chi connectivity index (χ0) is 13.1. The summed E-state index contributed by atoms with van der Waals surface area (Å²) in [5.74, 6) is -0.394. The zero-order valence-corrected chi connectivity index (χ0v) is 12.1. The molecule has 0 heterocycles. The van der Waals surface area contributed by atoms with Gasteiger partial charge in [-0.15, -0.1) is 0 Å². The van der Waals surface area contributed by atoms with Gasteiger partial charge in [0.1, 0.15) is 0 Å². The number of unbranched alkanes of at least 4 members (excludes halogenated alkanes) is 1. The van der Waals surface area contributed by atoms with Crippen LogP contribution in [0.2, 0.25) is 0 Å². The third-order valence-electron chi connectivity index (χ3n) is 2.11. The Morgan fingerprint density at radius 3 is 2.35 bits per heavy atom. The van der Waals surface area contributed by atoms with E-state index in [4.69, 9.17) is 9.47 Å². The summed E-state index contributed by atoms with van der Waals surface area (Å²) in [4.78, 5) is 22.3. The summed E-state index contributed by atoms with van der Waals surface area (Å²) in [5.41, 5.74) is 0. The summed E-state index contributed by atoms with van der Waals surface area (Å²) < 4.78 is 9.92. The predicted molar refractivity (Wildman–Crippen MR) is 68.8 cm³/mol. The number of carbonyl (C=O) groups excluding carboxylic acids is 2. The lowest BCUT2D eigenvalue weighted by Gasteiger charge is -2.11. The second-order valence-corrected chi connectivity index (χ2v) is 4.72. The molecule has 0 aliphatic rings. The molecule has 0 N–H and O–H groups in total. The molecule has 0 saturated carbocycles. The average Bonchev–Trinajstić information content (AvgIpc) is 2.26. The Labute approximate surface area is 111 Å². The van der Waals surface area contributed by atoms with Crippen molar-refractivity contribution in [3.05, 3.63) is 0 Å². The van der Waals surface area contributed by atoms with E-state index in [2.05, 4.69) is 15.9 Å². The summed E-state index contributed by atoms with van der Waals surface area (Å²) in [5, 5.41) is -0.304. The van der Waals surface area contributed by atoms with Crippen molar-refractivity contribution in [2.24, 2.45) is 0 Å². The Balaban J connectivity index is 3.55. The van der Waals surface area contributed by atoms with Gasteiger partial charge in [0.05, 0.1) is 6.61 Å². The van der Waals surface area contributed by atoms with Crippen LogP contribution in [0.4, 0.5) is 0 Å². The number of alkyl halides is 1. The van der Waals surface area contributed by atoms with E-state index in [1.165, 1.54) is 0 Å². The smallest absolute Gasteiger partial charge is 0.306 e. The maximum absolute atomic E-state index is 11.3. The van der Waals surface area contributed by atoms with Crippen molar-refractivity contribution in [3.8, 4) is 0 Å². The van der Waals surface area contributed by atoms with E-state index < -0.39 is 0 Å². The minimum atomic E-state index is -0.304. The molecule has 4 nitrogen and oxygen atoms in total. The van der Waals surface area contributed by atoms with Gasteiger partial charge >= 0.3 is 11.9 Å². The van der Waals surface area contributed by atoms with Crippen LogP contribution >= 0.6 is 15.9 Å². The Kier molecular flexibility index (Phi) is 10.2. The second kappa shape index (κ2) is 10.6. The maximum atomic E-state index is 11.3. The SMILES string of the molecule is CCCCC(=O)OC(Br)CCCC(=O)OCC. The number of halogens is 1. The van der Waals surface area contributed by atoms with E-state index in [-0.39, 0.29) is 17.0 Å². The van der Waals surface area contributed by atoms with Crippen LogP contribution < -0.4 is 0 Å². The molecule has 0 aromatic carbocycles. The summed E-state index contributed by atoms with van der Waals surface area (Å²) in [6, 6.07) is 0. The van der Waals surface area contributed by atoms with Crippen molar-refractivity contribution < 1.29 is 19.1 Å². The van der Waals surface area contributed by atoms with Crippen molar-refractivity contribution in [2.75, 3.05) is 6.61 Å². The molecule has 0 aromatic heterocycles. The number of hydrogen-bond donors (Lipinski definition) is 0. The lowest BCUT2D eigenvalue weighted by Crippen LogP contribution is -2.13. The minimum absolute atomic E-state index is 0.190. The third-order valence-corrected chi connectivity index (χ3v) is 2.76. The zero-order valence-electron chi connectivity index (χ0n) is 10.5. The normalized spacial score (nSPS) is 11.9. The quantitative estimate of drug-likeness (QED) is 0.485. The van der Waals surface area contributed by atoms with Crippen LogP contribution in [0.1, 0.15) is 52.4 Å². The summed E-state index contributed by atoms with van der Waals surface area (Å²) in [7, 11) is 0. The predicted octanol–water partition coefficient (Wildman–Crippen LogP) is 3.17. The van der Waals surface area contributed by atoms with Gasteiger partial charge in [-0.2, -0.15) is 0 Å². The van der Waals surface area contributed by atoms with Gasteiger partial charge in [-0.3, -0.25) is 9.59 Å². The Hall–Kier alpha value is -0.580. The monoisotopic (exact) mass is 308 g/mol. The topological polar surface area (TPSA) is 52.6 Å². The van der Waals surface area contributed by atoms with Crippen molar-refractivity contribution in [3.63, 3.8) is 0 Å². The number of esters is 2. The van der Waals surface area contributed by atoms with Crippen LogP contribution in [0.15, 0.2) is 0 Å². The largest absolute Gasteiger partial charge is 0.466 e. The van der Waals surface area contributed by atoms with E-state index in [1.807, 2.05) is 6.92 Å². The van der Waals surface area contributed by atoms with Crippen molar-refractivity contribution in [1.82, 2.24) is 0 Å². The lowest BCUT2D eigenvalue weighted by molar-refractivity contribution is -0.145. The molecule has 1 unspecified atom stereocenters. The van der Waals surface area contributed by atoms with Gasteiger partial charge in [-0.1, -0.05) is 13.3 Å². The summed E-state index contributed by atoms with van der Waals surface area (Å²) in [6.07, 6.45) is 3.91. The van der Waals surface area contributed by atoms with Crippen LogP contribution in [0, 0.1) is 0 Å². The molecule has 0 fully saturated rings. The molecule has 0 saturated heterocycles. The van der Waals surface area contributed by atoms with Gasteiger partial charge in [-0.25, -0.2) is 0 Å². The number of ether oxygens (including phenoxy) is 2. The summed E-state index contributed by atoms with van der Waals surface area (Å²) in [6.45, 7) is 4.21. The molecule has 0 spiro atoms. The van der Waals surface area contributed by atoms with Gasteiger partial charge < -0.3 is 9.47 Å². The standard InChI is InChI=1S/C12H21BrO4/c1-3-5-8-12(15)17-10(13)7-6-9-11(14)16-4-2/h10H,3-9H2,1-2H3. The molecule has 0 rings (SSSR count). The molecule has 1 atom stereocenters. The van der Waals surface area contributed by atoms with E-state index >= 15 is 0 Å². The first kappa shape index (κ1) is 16.4. The van der Waals surface area contributed by atoms with Crippen molar-refractivity contribution in [1.29, 1.82) is 0 Å². The highest BCUT2D eigenvalue weighted by molar-refractivity contribution is 9.09. The number of rotatable bonds is 9. The highest BCUT2D eigenvalue weighted by atomic mass is 79.9. The van der Waals surface area contributed by atoms with Crippen LogP contribution in [0.3, 0.4) is 0 Å². The molecule has 0 aliphatic carbocycles. The molecule has 0 bridgehead atoms. The number of hydrogen-bond acceptors (Lipinski definition) is 4. The van der Waals surface area contributed by atoms with Gasteiger partial charge in [0.25, 0.3) is 0 Å². The number of carbonyl (C=O) groups is 2. The van der Waals surface area contributed by atoms with Gasteiger partial charge in [-0.05, 0) is 42.1 Å². The Bertz CT molecular complexity index is 231. The Morgan fingerprint density at radius 2 is 1.76 bits per heavy atom. The van der Waals surface area contributed by atoms with Gasteiger partial charge in [0.15, 0.2) is 5.01 Å². The highest BCUT2D eigenvalue weighted by Gasteiger charge is 2.11. The fourth-order valence-corrected chi connectivity index (χ4v) is 1.75. The van der Waals surface area contributed by atoms with E-state index in [9.17, 15) is 9.59 Å².